The van der Waals surface area contributed by atoms with Crippen LogP contribution in [0.2, 0.25) is 0 Å². The van der Waals surface area contributed by atoms with Gasteiger partial charge in [0.25, 0.3) is 5.69 Å². The monoisotopic (exact) mass is 376 g/mol. The van der Waals surface area contributed by atoms with E-state index >= 15 is 0 Å². The first-order chi connectivity index (χ1) is 12.3. The standard InChI is InChI=1S/C18H20N2O5S/c1-4-11-25-16-8-6-15(7-9-16)13-19(3)26(23,24)17-10-5-14(2)18(12-17)20(21)22/h4-10,12H,1,11,13H2,2-3H3. The molecule has 2 rings (SSSR count). The Morgan fingerprint density at radius 3 is 2.46 bits per heavy atom. The molecule has 0 heterocycles. The van der Waals surface area contributed by atoms with Gasteiger partial charge >= 0.3 is 0 Å². The van der Waals surface area contributed by atoms with Crippen LogP contribution >= 0.6 is 0 Å². The van der Waals surface area contributed by atoms with Crippen molar-refractivity contribution in [3.8, 4) is 5.75 Å². The average molecular weight is 376 g/mol. The molecule has 0 aliphatic carbocycles. The molecule has 138 valence electrons. The van der Waals surface area contributed by atoms with Crippen molar-refractivity contribution < 1.29 is 18.1 Å². The number of benzene rings is 2. The summed E-state index contributed by atoms with van der Waals surface area (Å²) in [6.45, 7) is 5.65. The summed E-state index contributed by atoms with van der Waals surface area (Å²) in [6.07, 6.45) is 1.63. The number of nitrogens with zero attached hydrogens (tertiary/aromatic N) is 2. The molecule has 2 aromatic carbocycles. The minimum atomic E-state index is -3.85. The molecule has 8 heteroatoms. The van der Waals surface area contributed by atoms with E-state index in [0.29, 0.717) is 17.9 Å². The van der Waals surface area contributed by atoms with Gasteiger partial charge < -0.3 is 4.74 Å². The van der Waals surface area contributed by atoms with Crippen molar-refractivity contribution in [3.63, 3.8) is 0 Å². The molecule has 0 atom stereocenters. The SMILES string of the molecule is C=CCOc1ccc(CN(C)S(=O)(=O)c2ccc(C)c([N+](=O)[O-])c2)cc1. The average Bonchev–Trinajstić information content (AvgIpc) is 2.61. The molecule has 0 fully saturated rings. The zero-order chi connectivity index (χ0) is 19.3. The van der Waals surface area contributed by atoms with Crippen LogP contribution < -0.4 is 4.74 Å². The Hall–Kier alpha value is -2.71. The first-order valence-electron chi connectivity index (χ1n) is 7.79. The molecular formula is C18H20N2O5S. The van der Waals surface area contributed by atoms with Crippen molar-refractivity contribution in [1.82, 2.24) is 4.31 Å². The van der Waals surface area contributed by atoms with Crippen molar-refractivity contribution in [1.29, 1.82) is 0 Å². The van der Waals surface area contributed by atoms with E-state index in [4.69, 9.17) is 4.74 Å². The molecule has 0 unspecified atom stereocenters. The number of hydrogen-bond acceptors (Lipinski definition) is 5. The van der Waals surface area contributed by atoms with Crippen LogP contribution in [0, 0.1) is 17.0 Å². The van der Waals surface area contributed by atoms with E-state index in [9.17, 15) is 18.5 Å². The number of nitro groups is 1. The lowest BCUT2D eigenvalue weighted by molar-refractivity contribution is -0.385. The van der Waals surface area contributed by atoms with Crippen LogP contribution in [-0.2, 0) is 16.6 Å². The van der Waals surface area contributed by atoms with Crippen LogP contribution in [0.15, 0.2) is 60.0 Å². The molecule has 7 nitrogen and oxygen atoms in total. The molecule has 0 saturated heterocycles. The van der Waals surface area contributed by atoms with Gasteiger partial charge in [-0.2, -0.15) is 4.31 Å². The highest BCUT2D eigenvalue weighted by Gasteiger charge is 2.24. The number of nitro benzene ring substituents is 1. The van der Waals surface area contributed by atoms with Gasteiger partial charge in [0, 0.05) is 25.2 Å². The van der Waals surface area contributed by atoms with Gasteiger partial charge in [0.1, 0.15) is 12.4 Å². The molecule has 0 spiro atoms. The first-order valence-corrected chi connectivity index (χ1v) is 9.23. The summed E-state index contributed by atoms with van der Waals surface area (Å²) < 4.78 is 31.9. The Morgan fingerprint density at radius 2 is 1.88 bits per heavy atom. The molecule has 26 heavy (non-hydrogen) atoms. The first kappa shape index (κ1) is 19.6. The fourth-order valence-electron chi connectivity index (χ4n) is 2.31. The molecule has 0 aliphatic heterocycles. The van der Waals surface area contributed by atoms with Crippen molar-refractivity contribution >= 4 is 15.7 Å². The number of ether oxygens (including phenoxy) is 1. The van der Waals surface area contributed by atoms with Crippen molar-refractivity contribution in [2.75, 3.05) is 13.7 Å². The second-order valence-electron chi connectivity index (χ2n) is 5.71. The summed E-state index contributed by atoms with van der Waals surface area (Å²) in [5.41, 5.74) is 0.957. The summed E-state index contributed by atoms with van der Waals surface area (Å²) in [4.78, 5) is 10.4. The third-order valence-electron chi connectivity index (χ3n) is 3.78. The molecule has 0 radical (unpaired) electrons. The van der Waals surface area contributed by atoms with Gasteiger partial charge in [0.15, 0.2) is 0 Å². The Kier molecular flexibility index (Phi) is 6.12. The molecule has 0 amide bonds. The number of rotatable bonds is 8. The predicted molar refractivity (Wildman–Crippen MR) is 98.6 cm³/mol. The minimum absolute atomic E-state index is 0.108. The number of hydrogen-bond donors (Lipinski definition) is 0. The largest absolute Gasteiger partial charge is 0.490 e. The lowest BCUT2D eigenvalue weighted by Gasteiger charge is -2.17. The van der Waals surface area contributed by atoms with Crippen molar-refractivity contribution in [2.24, 2.45) is 0 Å². The van der Waals surface area contributed by atoms with E-state index in [1.54, 1.807) is 37.3 Å². The van der Waals surface area contributed by atoms with Gasteiger partial charge in [-0.1, -0.05) is 30.9 Å². The zero-order valence-corrected chi connectivity index (χ0v) is 15.4. The molecule has 0 saturated carbocycles. The number of sulfonamides is 1. The van der Waals surface area contributed by atoms with Crippen LogP contribution in [0.4, 0.5) is 5.69 Å². The quantitative estimate of drug-likeness (QED) is 0.401. The zero-order valence-electron chi connectivity index (χ0n) is 14.6. The predicted octanol–water partition coefficient (Wildman–Crippen LogP) is 3.29. The smallest absolute Gasteiger partial charge is 0.273 e. The second-order valence-corrected chi connectivity index (χ2v) is 7.75. The van der Waals surface area contributed by atoms with Gasteiger partial charge in [-0.05, 0) is 30.7 Å². The maximum absolute atomic E-state index is 12.7. The Balaban J connectivity index is 2.20. The van der Waals surface area contributed by atoms with E-state index in [1.165, 1.54) is 19.2 Å². The topological polar surface area (TPSA) is 89.8 Å². The van der Waals surface area contributed by atoms with Gasteiger partial charge in [-0.15, -0.1) is 0 Å². The van der Waals surface area contributed by atoms with Gasteiger partial charge in [-0.25, -0.2) is 8.42 Å². The Labute approximate surface area is 152 Å². The van der Waals surface area contributed by atoms with Crippen molar-refractivity contribution in [3.05, 3.63) is 76.4 Å². The van der Waals surface area contributed by atoms with E-state index in [1.807, 2.05) is 0 Å². The van der Waals surface area contributed by atoms with Gasteiger partial charge in [0.05, 0.1) is 9.82 Å². The summed E-state index contributed by atoms with van der Waals surface area (Å²) >= 11 is 0. The highest BCUT2D eigenvalue weighted by atomic mass is 32.2. The number of aryl methyl sites for hydroxylation is 1. The van der Waals surface area contributed by atoms with E-state index in [2.05, 4.69) is 6.58 Å². The summed E-state index contributed by atoms with van der Waals surface area (Å²) in [5, 5.41) is 11.0. The highest BCUT2D eigenvalue weighted by molar-refractivity contribution is 7.89. The normalized spacial score (nSPS) is 11.3. The molecular weight excluding hydrogens is 356 g/mol. The molecule has 2 aromatic rings. The fraction of sp³-hybridized carbons (Fsp3) is 0.222. The Morgan fingerprint density at radius 1 is 1.23 bits per heavy atom. The lowest BCUT2D eigenvalue weighted by Crippen LogP contribution is -2.26. The summed E-state index contributed by atoms with van der Waals surface area (Å²) in [7, 11) is -2.42. The maximum atomic E-state index is 12.7. The molecule has 0 aromatic heterocycles. The Bertz CT molecular complexity index is 908. The molecule has 0 aliphatic rings. The summed E-state index contributed by atoms with van der Waals surface area (Å²) in [5.74, 6) is 0.660. The van der Waals surface area contributed by atoms with E-state index < -0.39 is 14.9 Å². The van der Waals surface area contributed by atoms with Crippen LogP contribution in [0.1, 0.15) is 11.1 Å². The van der Waals surface area contributed by atoms with Crippen LogP contribution in [0.5, 0.6) is 5.75 Å². The van der Waals surface area contributed by atoms with Gasteiger partial charge in [-0.3, -0.25) is 10.1 Å². The highest BCUT2D eigenvalue weighted by Crippen LogP contribution is 2.25. The second kappa shape index (κ2) is 8.11. The maximum Gasteiger partial charge on any atom is 0.273 e. The lowest BCUT2D eigenvalue weighted by atomic mass is 10.2. The third kappa shape index (κ3) is 4.47. The fourth-order valence-corrected chi connectivity index (χ4v) is 3.49. The third-order valence-corrected chi connectivity index (χ3v) is 5.58. The van der Waals surface area contributed by atoms with Gasteiger partial charge in [0.2, 0.25) is 10.0 Å². The molecule has 0 N–H and O–H groups in total. The van der Waals surface area contributed by atoms with Crippen molar-refractivity contribution in [2.45, 2.75) is 18.4 Å². The summed E-state index contributed by atoms with van der Waals surface area (Å²) in [6, 6.07) is 10.9. The van der Waals surface area contributed by atoms with Crippen LogP contribution in [-0.4, -0.2) is 31.3 Å². The molecule has 0 bridgehead atoms. The minimum Gasteiger partial charge on any atom is -0.490 e. The van der Waals surface area contributed by atoms with Crippen LogP contribution in [0.25, 0.3) is 0 Å². The van der Waals surface area contributed by atoms with E-state index in [-0.39, 0.29) is 17.1 Å². The van der Waals surface area contributed by atoms with E-state index in [0.717, 1.165) is 15.9 Å². The van der Waals surface area contributed by atoms with Crippen LogP contribution in [0.3, 0.4) is 0 Å².